The van der Waals surface area contributed by atoms with Crippen molar-refractivity contribution in [1.29, 1.82) is 0 Å². The first-order chi connectivity index (χ1) is 15.2. The molecule has 7 heteroatoms. The molecule has 2 aliphatic rings. The largest absolute Gasteiger partial charge is 0.454 e. The Morgan fingerprint density at radius 3 is 2.77 bits per heavy atom. The minimum absolute atomic E-state index is 0.0439. The first-order valence-electron chi connectivity index (χ1n) is 10.6. The molecule has 0 unspecified atom stereocenters. The summed E-state index contributed by atoms with van der Waals surface area (Å²) >= 11 is 0. The van der Waals surface area contributed by atoms with Gasteiger partial charge in [0.15, 0.2) is 11.5 Å². The van der Waals surface area contributed by atoms with Crippen molar-refractivity contribution in [3.05, 3.63) is 59.3 Å². The molecule has 0 saturated carbocycles. The van der Waals surface area contributed by atoms with Crippen LogP contribution in [0.4, 0.5) is 0 Å². The lowest BCUT2D eigenvalue weighted by Crippen LogP contribution is -2.44. The lowest BCUT2D eigenvalue weighted by molar-refractivity contribution is -0.136. The molecule has 0 radical (unpaired) electrons. The number of carbonyl (C=O) groups is 2. The quantitative estimate of drug-likeness (QED) is 0.655. The molecule has 2 amide bonds. The molecule has 162 valence electrons. The second-order valence-corrected chi connectivity index (χ2v) is 7.44. The number of benzene rings is 2. The van der Waals surface area contributed by atoms with Crippen molar-refractivity contribution in [3.63, 3.8) is 0 Å². The number of para-hydroxylation sites is 1. The van der Waals surface area contributed by atoms with Crippen LogP contribution in [0.25, 0.3) is 10.9 Å². The van der Waals surface area contributed by atoms with Crippen LogP contribution in [0, 0.1) is 0 Å². The van der Waals surface area contributed by atoms with Crippen LogP contribution in [0.1, 0.15) is 36.7 Å². The number of aromatic amines is 1. The van der Waals surface area contributed by atoms with Gasteiger partial charge in [0.1, 0.15) is 0 Å². The van der Waals surface area contributed by atoms with Crippen molar-refractivity contribution in [2.75, 3.05) is 26.9 Å². The SMILES string of the molecule is CC.CN(C=O)CC(=O)N1CCc2[nH]c3ccccc3c2[C@@H]1c1ccc2c(c1)OCO2. The molecule has 3 heterocycles. The van der Waals surface area contributed by atoms with E-state index in [0.717, 1.165) is 34.1 Å². The van der Waals surface area contributed by atoms with Crippen LogP contribution >= 0.6 is 0 Å². The van der Waals surface area contributed by atoms with Crippen LogP contribution in [-0.2, 0) is 16.0 Å². The fourth-order valence-corrected chi connectivity index (χ4v) is 4.29. The van der Waals surface area contributed by atoms with Gasteiger partial charge in [0.2, 0.25) is 19.1 Å². The zero-order chi connectivity index (χ0) is 22.0. The van der Waals surface area contributed by atoms with Gasteiger partial charge in [-0.3, -0.25) is 9.59 Å². The second kappa shape index (κ2) is 8.71. The van der Waals surface area contributed by atoms with E-state index in [-0.39, 0.29) is 25.3 Å². The lowest BCUT2D eigenvalue weighted by atomic mass is 9.90. The topological polar surface area (TPSA) is 74.9 Å². The Kier molecular flexibility index (Phi) is 5.84. The number of amides is 2. The van der Waals surface area contributed by atoms with Gasteiger partial charge in [-0.15, -0.1) is 0 Å². The second-order valence-electron chi connectivity index (χ2n) is 7.44. The summed E-state index contributed by atoms with van der Waals surface area (Å²) in [5.41, 5.74) is 4.26. The zero-order valence-electron chi connectivity index (χ0n) is 18.1. The van der Waals surface area contributed by atoms with Crippen LogP contribution in [0.5, 0.6) is 11.5 Å². The van der Waals surface area contributed by atoms with Crippen molar-refractivity contribution >= 4 is 23.2 Å². The summed E-state index contributed by atoms with van der Waals surface area (Å²) in [5, 5.41) is 1.10. The standard InChI is InChI=1S/C22H21N3O4.C2H6/c1-24(12-26)11-20(27)25-9-8-17-21(15-4-2-3-5-16(15)23-17)22(25)14-6-7-18-19(10-14)29-13-28-18;1-2/h2-7,10,12,22-23H,8-9,11,13H2,1H3;1-2H3/t22-;/m0./s1. The third kappa shape index (κ3) is 3.71. The summed E-state index contributed by atoms with van der Waals surface area (Å²) in [4.78, 5) is 30.9. The van der Waals surface area contributed by atoms with Crippen LogP contribution < -0.4 is 9.47 Å². The van der Waals surface area contributed by atoms with E-state index in [2.05, 4.69) is 17.1 Å². The average Bonchev–Trinajstić information content (AvgIpc) is 3.43. The van der Waals surface area contributed by atoms with Gasteiger partial charge in [-0.2, -0.15) is 0 Å². The number of ether oxygens (including phenoxy) is 2. The molecule has 2 aromatic carbocycles. The molecule has 3 aromatic rings. The summed E-state index contributed by atoms with van der Waals surface area (Å²) < 4.78 is 11.0. The number of fused-ring (bicyclic) bond motifs is 4. The first-order valence-corrected chi connectivity index (χ1v) is 10.6. The summed E-state index contributed by atoms with van der Waals surface area (Å²) in [6.07, 6.45) is 1.41. The average molecular weight is 421 g/mol. The maximum Gasteiger partial charge on any atom is 0.242 e. The summed E-state index contributed by atoms with van der Waals surface area (Å²) in [5.74, 6) is 1.31. The number of H-pyrrole nitrogens is 1. The van der Waals surface area contributed by atoms with Crippen LogP contribution in [0.3, 0.4) is 0 Å². The van der Waals surface area contributed by atoms with Gasteiger partial charge in [-0.1, -0.05) is 38.1 Å². The van der Waals surface area contributed by atoms with Gasteiger partial charge in [0.25, 0.3) is 0 Å². The number of hydrogen-bond acceptors (Lipinski definition) is 4. The Morgan fingerprint density at radius 1 is 1.19 bits per heavy atom. The molecule has 1 aromatic heterocycles. The van der Waals surface area contributed by atoms with Crippen molar-refractivity contribution in [2.45, 2.75) is 26.3 Å². The Morgan fingerprint density at radius 2 is 1.97 bits per heavy atom. The zero-order valence-corrected chi connectivity index (χ0v) is 18.1. The van der Waals surface area contributed by atoms with Crippen molar-refractivity contribution < 1.29 is 19.1 Å². The van der Waals surface area contributed by atoms with Crippen LogP contribution in [-0.4, -0.2) is 54.0 Å². The van der Waals surface area contributed by atoms with Crippen molar-refractivity contribution in [3.8, 4) is 11.5 Å². The van der Waals surface area contributed by atoms with Gasteiger partial charge in [0.05, 0.1) is 12.6 Å². The number of aromatic nitrogens is 1. The first kappa shape index (κ1) is 20.8. The van der Waals surface area contributed by atoms with E-state index in [1.165, 1.54) is 4.90 Å². The smallest absolute Gasteiger partial charge is 0.242 e. The van der Waals surface area contributed by atoms with Gasteiger partial charge < -0.3 is 24.3 Å². The summed E-state index contributed by atoms with van der Waals surface area (Å²) in [6.45, 7) is 4.82. The van der Waals surface area contributed by atoms with Crippen molar-refractivity contribution in [2.24, 2.45) is 0 Å². The predicted molar refractivity (Wildman–Crippen MR) is 118 cm³/mol. The highest BCUT2D eigenvalue weighted by Crippen LogP contribution is 2.43. The number of nitrogens with one attached hydrogen (secondary N) is 1. The third-order valence-electron chi connectivity index (χ3n) is 5.61. The van der Waals surface area contributed by atoms with Gasteiger partial charge in [0, 0.05) is 42.2 Å². The number of likely N-dealkylation sites (N-methyl/N-ethyl adjacent to an activating group) is 1. The lowest BCUT2D eigenvalue weighted by Gasteiger charge is -2.37. The van der Waals surface area contributed by atoms with E-state index in [0.29, 0.717) is 24.5 Å². The molecule has 0 fully saturated rings. The molecule has 0 aliphatic carbocycles. The summed E-state index contributed by atoms with van der Waals surface area (Å²) in [6, 6.07) is 13.7. The number of hydrogen-bond donors (Lipinski definition) is 1. The molecular weight excluding hydrogens is 394 g/mol. The number of rotatable bonds is 4. The van der Waals surface area contributed by atoms with Crippen molar-refractivity contribution in [1.82, 2.24) is 14.8 Å². The Hall–Kier alpha value is -3.48. The number of nitrogens with zero attached hydrogens (tertiary/aromatic N) is 2. The van der Waals surface area contributed by atoms with E-state index in [1.807, 2.05) is 49.1 Å². The van der Waals surface area contributed by atoms with E-state index in [1.54, 1.807) is 7.05 Å². The Bertz CT molecular complexity index is 1110. The summed E-state index contributed by atoms with van der Waals surface area (Å²) in [7, 11) is 1.61. The van der Waals surface area contributed by atoms with Gasteiger partial charge >= 0.3 is 0 Å². The monoisotopic (exact) mass is 421 g/mol. The van der Waals surface area contributed by atoms with Crippen LogP contribution in [0.2, 0.25) is 0 Å². The minimum atomic E-state index is -0.267. The Balaban J connectivity index is 0.00000112. The van der Waals surface area contributed by atoms with Gasteiger partial charge in [-0.05, 0) is 23.8 Å². The molecule has 1 atom stereocenters. The van der Waals surface area contributed by atoms with E-state index < -0.39 is 0 Å². The van der Waals surface area contributed by atoms with E-state index in [4.69, 9.17) is 9.47 Å². The molecule has 0 spiro atoms. The normalized spacial score (nSPS) is 16.4. The maximum atomic E-state index is 13.1. The molecule has 2 aliphatic heterocycles. The maximum absolute atomic E-state index is 13.1. The fourth-order valence-electron chi connectivity index (χ4n) is 4.29. The fraction of sp³-hybridized carbons (Fsp3) is 0.333. The molecule has 1 N–H and O–H groups in total. The molecule has 7 nitrogen and oxygen atoms in total. The molecular formula is C24H27N3O4. The Labute approximate surface area is 181 Å². The highest BCUT2D eigenvalue weighted by molar-refractivity contribution is 5.88. The van der Waals surface area contributed by atoms with E-state index >= 15 is 0 Å². The molecule has 5 rings (SSSR count). The van der Waals surface area contributed by atoms with Crippen LogP contribution in [0.15, 0.2) is 42.5 Å². The van der Waals surface area contributed by atoms with E-state index in [9.17, 15) is 9.59 Å². The molecule has 31 heavy (non-hydrogen) atoms. The number of carbonyl (C=O) groups excluding carboxylic acids is 2. The highest BCUT2D eigenvalue weighted by Gasteiger charge is 2.35. The predicted octanol–water partition coefficient (Wildman–Crippen LogP) is 3.49. The minimum Gasteiger partial charge on any atom is -0.454 e. The third-order valence-corrected chi connectivity index (χ3v) is 5.61. The molecule has 0 bridgehead atoms. The molecule has 0 saturated heterocycles. The highest BCUT2D eigenvalue weighted by atomic mass is 16.7. The van der Waals surface area contributed by atoms with Gasteiger partial charge in [-0.25, -0.2) is 0 Å².